The standard InChI is InChI=1S/C75H134O6/c1-4-7-10-13-16-19-22-25-28-31-32-33-34-35-36-37-38-39-40-41-42-45-47-50-53-56-59-62-65-68-74(77)80-71-72(81-75(78)69-66-63-60-57-54-51-48-44-30-27-24-21-18-15-12-9-6-3)70-79-73(76)67-64-61-58-55-52-49-46-43-29-26-23-20-17-14-11-8-5-2/h7,10,16,18-19,21,25,27-28,30,32-33,72H,4-6,8-9,11-15,17,20,22-24,26,29,31,34-71H2,1-3H3/b10-7-,19-16-,21-18-,28-25-,30-27-,33-32-. The van der Waals surface area contributed by atoms with Crippen molar-refractivity contribution >= 4 is 17.9 Å². The molecule has 0 bridgehead atoms. The molecule has 0 aromatic carbocycles. The smallest absolute Gasteiger partial charge is 0.306 e. The van der Waals surface area contributed by atoms with E-state index in [1.165, 1.54) is 231 Å². The van der Waals surface area contributed by atoms with Crippen molar-refractivity contribution in [1.29, 1.82) is 0 Å². The molecule has 6 heteroatoms. The minimum Gasteiger partial charge on any atom is -0.462 e. The topological polar surface area (TPSA) is 78.9 Å². The molecular weight excluding hydrogens is 997 g/mol. The van der Waals surface area contributed by atoms with Gasteiger partial charge in [-0.1, -0.05) is 331 Å². The van der Waals surface area contributed by atoms with Crippen molar-refractivity contribution in [2.24, 2.45) is 0 Å². The molecule has 470 valence electrons. The molecule has 0 heterocycles. The predicted molar refractivity (Wildman–Crippen MR) is 353 cm³/mol. The Labute approximate surface area is 503 Å². The largest absolute Gasteiger partial charge is 0.462 e. The summed E-state index contributed by atoms with van der Waals surface area (Å²) in [7, 11) is 0. The maximum atomic E-state index is 12.9. The van der Waals surface area contributed by atoms with E-state index in [9.17, 15) is 14.4 Å². The van der Waals surface area contributed by atoms with Gasteiger partial charge in [0, 0.05) is 19.3 Å². The SMILES string of the molecule is CC/C=C\C/C=C\C/C=C\C/C=C\CCCCCCCCCCCCCCCCCCC(=O)OCC(COC(=O)CCCCCCCCCCCCCCCCCCC)OC(=O)CCCCCCCCC/C=C\C/C=C\CCCCC. The molecule has 0 N–H and O–H groups in total. The molecule has 0 aliphatic heterocycles. The van der Waals surface area contributed by atoms with Crippen molar-refractivity contribution < 1.29 is 28.6 Å². The first-order valence-corrected chi connectivity index (χ1v) is 35.4. The van der Waals surface area contributed by atoms with Crippen LogP contribution in [-0.2, 0) is 28.6 Å². The lowest BCUT2D eigenvalue weighted by Gasteiger charge is -2.18. The molecule has 0 fully saturated rings. The molecule has 81 heavy (non-hydrogen) atoms. The number of carbonyl (C=O) groups excluding carboxylic acids is 3. The third-order valence-corrected chi connectivity index (χ3v) is 15.7. The number of rotatable bonds is 65. The summed E-state index contributed by atoms with van der Waals surface area (Å²) in [6.07, 6.45) is 90.7. The highest BCUT2D eigenvalue weighted by molar-refractivity contribution is 5.71. The van der Waals surface area contributed by atoms with Crippen LogP contribution in [0.1, 0.15) is 367 Å². The van der Waals surface area contributed by atoms with Gasteiger partial charge in [0.05, 0.1) is 0 Å². The molecule has 0 spiro atoms. The van der Waals surface area contributed by atoms with E-state index in [1.54, 1.807) is 0 Å². The van der Waals surface area contributed by atoms with Crippen molar-refractivity contribution in [3.63, 3.8) is 0 Å². The van der Waals surface area contributed by atoms with Crippen LogP contribution in [0, 0.1) is 0 Å². The van der Waals surface area contributed by atoms with Gasteiger partial charge in [0.15, 0.2) is 6.10 Å². The Kier molecular flexibility index (Phi) is 66.6. The molecular formula is C75H134O6. The quantitative estimate of drug-likeness (QED) is 0.0261. The molecule has 0 aliphatic rings. The number of hydrogen-bond donors (Lipinski definition) is 0. The zero-order chi connectivity index (χ0) is 58.5. The summed E-state index contributed by atoms with van der Waals surface area (Å²) in [6.45, 7) is 6.56. The summed E-state index contributed by atoms with van der Waals surface area (Å²) in [6, 6.07) is 0. The maximum absolute atomic E-state index is 12.9. The first kappa shape index (κ1) is 77.9. The van der Waals surface area contributed by atoms with E-state index in [2.05, 4.69) is 93.7 Å². The van der Waals surface area contributed by atoms with Crippen LogP contribution in [0.5, 0.6) is 0 Å². The Morgan fingerprint density at radius 3 is 0.778 bits per heavy atom. The lowest BCUT2D eigenvalue weighted by Crippen LogP contribution is -2.30. The fourth-order valence-electron chi connectivity index (χ4n) is 10.4. The van der Waals surface area contributed by atoms with Crippen LogP contribution in [0.2, 0.25) is 0 Å². The van der Waals surface area contributed by atoms with Crippen LogP contribution in [0.3, 0.4) is 0 Å². The number of allylic oxidation sites excluding steroid dienone is 12. The summed E-state index contributed by atoms with van der Waals surface area (Å²) in [5, 5.41) is 0. The van der Waals surface area contributed by atoms with Crippen molar-refractivity contribution in [3.05, 3.63) is 72.9 Å². The summed E-state index contributed by atoms with van der Waals surface area (Å²) in [4.78, 5) is 38.5. The van der Waals surface area contributed by atoms with Gasteiger partial charge >= 0.3 is 17.9 Å². The second-order valence-electron chi connectivity index (χ2n) is 23.8. The van der Waals surface area contributed by atoms with E-state index in [0.717, 1.165) is 96.3 Å². The van der Waals surface area contributed by atoms with E-state index in [4.69, 9.17) is 14.2 Å². The normalized spacial score (nSPS) is 12.5. The lowest BCUT2D eigenvalue weighted by atomic mass is 10.0. The molecule has 0 radical (unpaired) electrons. The van der Waals surface area contributed by atoms with E-state index >= 15 is 0 Å². The van der Waals surface area contributed by atoms with Gasteiger partial charge in [-0.25, -0.2) is 0 Å². The second-order valence-corrected chi connectivity index (χ2v) is 23.8. The van der Waals surface area contributed by atoms with Gasteiger partial charge in [0.1, 0.15) is 13.2 Å². The molecule has 0 aromatic rings. The monoisotopic (exact) mass is 1130 g/mol. The third kappa shape index (κ3) is 67.5. The molecule has 0 aliphatic carbocycles. The van der Waals surface area contributed by atoms with Crippen molar-refractivity contribution in [2.45, 2.75) is 374 Å². The van der Waals surface area contributed by atoms with Crippen LogP contribution in [0.15, 0.2) is 72.9 Å². The van der Waals surface area contributed by atoms with Crippen LogP contribution >= 0.6 is 0 Å². The highest BCUT2D eigenvalue weighted by atomic mass is 16.6. The molecule has 1 unspecified atom stereocenters. The maximum Gasteiger partial charge on any atom is 0.306 e. The molecule has 0 rings (SSSR count). The number of esters is 3. The molecule has 0 aromatic heterocycles. The highest BCUT2D eigenvalue weighted by Crippen LogP contribution is 2.18. The summed E-state index contributed by atoms with van der Waals surface area (Å²) in [5.41, 5.74) is 0. The third-order valence-electron chi connectivity index (χ3n) is 15.7. The fraction of sp³-hybridized carbons (Fsp3) is 0.800. The zero-order valence-electron chi connectivity index (χ0n) is 54.1. The first-order valence-electron chi connectivity index (χ1n) is 35.4. The van der Waals surface area contributed by atoms with Gasteiger partial charge in [-0.15, -0.1) is 0 Å². The van der Waals surface area contributed by atoms with Crippen molar-refractivity contribution in [2.75, 3.05) is 13.2 Å². The van der Waals surface area contributed by atoms with Gasteiger partial charge in [-0.2, -0.15) is 0 Å². The van der Waals surface area contributed by atoms with Crippen molar-refractivity contribution in [1.82, 2.24) is 0 Å². The van der Waals surface area contributed by atoms with Gasteiger partial charge in [-0.05, 0) is 89.9 Å². The predicted octanol–water partition coefficient (Wildman–Crippen LogP) is 24.4. The van der Waals surface area contributed by atoms with Crippen molar-refractivity contribution in [3.8, 4) is 0 Å². The number of carbonyl (C=O) groups is 3. The van der Waals surface area contributed by atoms with E-state index in [0.29, 0.717) is 19.3 Å². The number of hydrogen-bond acceptors (Lipinski definition) is 6. The molecule has 0 saturated carbocycles. The average molecular weight is 1130 g/mol. The highest BCUT2D eigenvalue weighted by Gasteiger charge is 2.19. The zero-order valence-corrected chi connectivity index (χ0v) is 54.1. The molecule has 0 saturated heterocycles. The van der Waals surface area contributed by atoms with Gasteiger partial charge < -0.3 is 14.2 Å². The van der Waals surface area contributed by atoms with Crippen LogP contribution < -0.4 is 0 Å². The number of ether oxygens (including phenoxy) is 3. The summed E-state index contributed by atoms with van der Waals surface area (Å²) >= 11 is 0. The van der Waals surface area contributed by atoms with E-state index in [1.807, 2.05) is 0 Å². The minimum absolute atomic E-state index is 0.0731. The average Bonchev–Trinajstić information content (AvgIpc) is 3.47. The van der Waals surface area contributed by atoms with Gasteiger partial charge in [-0.3, -0.25) is 14.4 Å². The van der Waals surface area contributed by atoms with Crippen LogP contribution in [0.25, 0.3) is 0 Å². The Balaban J connectivity index is 4.25. The summed E-state index contributed by atoms with van der Waals surface area (Å²) < 4.78 is 17.0. The van der Waals surface area contributed by atoms with Gasteiger partial charge in [0.2, 0.25) is 0 Å². The minimum atomic E-state index is -0.778. The summed E-state index contributed by atoms with van der Waals surface area (Å²) in [5.74, 6) is -0.857. The van der Waals surface area contributed by atoms with Crippen LogP contribution in [0.4, 0.5) is 0 Å². The first-order chi connectivity index (χ1) is 40.0. The van der Waals surface area contributed by atoms with E-state index in [-0.39, 0.29) is 31.1 Å². The Bertz CT molecular complexity index is 1490. The second kappa shape index (κ2) is 69.3. The number of unbranched alkanes of at least 4 members (excludes halogenated alkanes) is 42. The lowest BCUT2D eigenvalue weighted by molar-refractivity contribution is -0.167. The Morgan fingerprint density at radius 2 is 0.481 bits per heavy atom. The van der Waals surface area contributed by atoms with E-state index < -0.39 is 6.10 Å². The Hall–Kier alpha value is -3.15. The Morgan fingerprint density at radius 1 is 0.259 bits per heavy atom. The fourth-order valence-corrected chi connectivity index (χ4v) is 10.4. The molecule has 0 amide bonds. The molecule has 6 nitrogen and oxygen atoms in total. The van der Waals surface area contributed by atoms with Gasteiger partial charge in [0.25, 0.3) is 0 Å². The molecule has 1 atom stereocenters. The van der Waals surface area contributed by atoms with Crippen LogP contribution in [-0.4, -0.2) is 37.2 Å².